The van der Waals surface area contributed by atoms with Crippen LogP contribution in [0, 0.1) is 11.8 Å². The summed E-state index contributed by atoms with van der Waals surface area (Å²) in [4.78, 5) is 13.3. The van der Waals surface area contributed by atoms with Gasteiger partial charge in [-0.05, 0) is 30.0 Å². The number of methoxy groups -OCH3 is 3. The highest BCUT2D eigenvalue weighted by Crippen LogP contribution is 2.56. The molecule has 0 fully saturated rings. The number of aromatic hydroxyl groups is 1. The summed E-state index contributed by atoms with van der Waals surface area (Å²) in [5.74, 6) is 1.50. The van der Waals surface area contributed by atoms with Crippen molar-refractivity contribution in [3.8, 4) is 45.6 Å². The van der Waals surface area contributed by atoms with Crippen molar-refractivity contribution in [1.82, 2.24) is 0 Å². The van der Waals surface area contributed by atoms with Gasteiger partial charge in [-0.2, -0.15) is 0 Å². The fraction of sp³-hybridized carbons (Fsp3) is 0.409. The topological polar surface area (TPSA) is 83.5 Å². The van der Waals surface area contributed by atoms with E-state index in [0.717, 1.165) is 5.56 Å². The van der Waals surface area contributed by atoms with Gasteiger partial charge in [-0.25, -0.2) is 0 Å². The van der Waals surface area contributed by atoms with Crippen molar-refractivity contribution in [3.05, 3.63) is 23.3 Å². The third-order valence-corrected chi connectivity index (χ3v) is 5.87. The van der Waals surface area contributed by atoms with Crippen LogP contribution in [0.5, 0.6) is 34.5 Å². The molecule has 2 aromatic rings. The fourth-order valence-corrected chi connectivity index (χ4v) is 4.14. The molecule has 0 saturated heterocycles. The number of carbonyl (C=O) groups excluding carboxylic acids is 1. The van der Waals surface area contributed by atoms with Crippen LogP contribution in [-0.4, -0.2) is 39.0 Å². The van der Waals surface area contributed by atoms with Gasteiger partial charge in [0.05, 0.1) is 21.3 Å². The second kappa shape index (κ2) is 7.06. The van der Waals surface area contributed by atoms with E-state index in [-0.39, 0.29) is 35.9 Å². The molecule has 2 atom stereocenters. The predicted octanol–water partition coefficient (Wildman–Crippen LogP) is 3.82. The van der Waals surface area contributed by atoms with Gasteiger partial charge in [0.25, 0.3) is 0 Å². The highest BCUT2D eigenvalue weighted by Gasteiger charge is 2.37. The molecular weight excluding hydrogens is 376 g/mol. The van der Waals surface area contributed by atoms with Gasteiger partial charge >= 0.3 is 0 Å². The minimum atomic E-state index is -0.249. The number of fused-ring (bicyclic) bond motifs is 4. The molecule has 1 aliphatic heterocycles. The van der Waals surface area contributed by atoms with Gasteiger partial charge in [-0.3, -0.25) is 4.79 Å². The lowest BCUT2D eigenvalue weighted by Crippen LogP contribution is -2.24. The van der Waals surface area contributed by atoms with Crippen LogP contribution in [0.4, 0.5) is 0 Å². The zero-order valence-electron chi connectivity index (χ0n) is 17.1. The van der Waals surface area contributed by atoms with Crippen molar-refractivity contribution >= 4 is 5.78 Å². The molecule has 2 aliphatic rings. The summed E-state index contributed by atoms with van der Waals surface area (Å²) < 4.78 is 27.7. The molecule has 1 heterocycles. The summed E-state index contributed by atoms with van der Waals surface area (Å²) >= 11 is 0. The first-order valence-electron chi connectivity index (χ1n) is 9.44. The standard InChI is InChI=1S/C22H24O7/c1-10-6-12-7-14(25-3)21(26-4)22(27-5)16(12)17-13(18(23)11(10)2)8-15-20(19(17)24)29-9-28-15/h7-8,10-11,24H,6,9H2,1-5H3/t10-,11-/m1/s1. The van der Waals surface area contributed by atoms with Crippen molar-refractivity contribution in [2.45, 2.75) is 20.3 Å². The molecule has 1 aliphatic carbocycles. The van der Waals surface area contributed by atoms with Crippen molar-refractivity contribution in [3.63, 3.8) is 0 Å². The Kier molecular flexibility index (Phi) is 4.68. The van der Waals surface area contributed by atoms with Gasteiger partial charge in [0.1, 0.15) is 0 Å². The van der Waals surface area contributed by atoms with E-state index in [2.05, 4.69) is 0 Å². The smallest absolute Gasteiger partial charge is 0.231 e. The number of carbonyl (C=O) groups is 1. The number of phenols is 1. The molecule has 154 valence electrons. The molecule has 29 heavy (non-hydrogen) atoms. The molecule has 2 aromatic carbocycles. The van der Waals surface area contributed by atoms with E-state index in [1.165, 1.54) is 14.2 Å². The number of phenolic OH excluding ortho intramolecular Hbond substituents is 1. The van der Waals surface area contributed by atoms with Crippen LogP contribution in [0.3, 0.4) is 0 Å². The Balaban J connectivity index is 2.15. The lowest BCUT2D eigenvalue weighted by Gasteiger charge is -2.28. The normalized spacial score (nSPS) is 19.7. The molecule has 0 spiro atoms. The van der Waals surface area contributed by atoms with Gasteiger partial charge in [-0.15, -0.1) is 0 Å². The molecule has 0 aromatic heterocycles. The molecule has 4 rings (SSSR count). The zero-order valence-corrected chi connectivity index (χ0v) is 17.1. The number of hydrogen-bond acceptors (Lipinski definition) is 7. The minimum Gasteiger partial charge on any atom is -0.504 e. The van der Waals surface area contributed by atoms with Crippen LogP contribution in [0.2, 0.25) is 0 Å². The average molecular weight is 400 g/mol. The lowest BCUT2D eigenvalue weighted by molar-refractivity contribution is 0.0892. The Morgan fingerprint density at radius 1 is 1.00 bits per heavy atom. The first kappa shape index (κ1) is 19.2. The maximum Gasteiger partial charge on any atom is 0.231 e. The summed E-state index contributed by atoms with van der Waals surface area (Å²) in [6.07, 6.45) is 0.603. The molecule has 7 heteroatoms. The number of hydrogen-bond donors (Lipinski definition) is 1. The summed E-state index contributed by atoms with van der Waals surface area (Å²) in [5, 5.41) is 11.1. The number of rotatable bonds is 3. The Morgan fingerprint density at radius 3 is 2.38 bits per heavy atom. The first-order valence-corrected chi connectivity index (χ1v) is 9.44. The van der Waals surface area contributed by atoms with Crippen molar-refractivity contribution in [2.75, 3.05) is 28.1 Å². The second-order valence-electron chi connectivity index (χ2n) is 7.40. The van der Waals surface area contributed by atoms with Gasteiger partial charge in [0, 0.05) is 22.6 Å². The fourth-order valence-electron chi connectivity index (χ4n) is 4.14. The highest BCUT2D eigenvalue weighted by atomic mass is 16.7. The Morgan fingerprint density at radius 2 is 1.72 bits per heavy atom. The number of benzene rings is 2. The number of ketones is 1. The van der Waals surface area contributed by atoms with Crippen LogP contribution < -0.4 is 23.7 Å². The Hall–Kier alpha value is -3.09. The van der Waals surface area contributed by atoms with Crippen LogP contribution in [0.15, 0.2) is 12.1 Å². The molecule has 0 amide bonds. The summed E-state index contributed by atoms with van der Waals surface area (Å²) in [5.41, 5.74) is 2.23. The highest BCUT2D eigenvalue weighted by molar-refractivity contribution is 6.08. The lowest BCUT2D eigenvalue weighted by atomic mass is 9.77. The third-order valence-electron chi connectivity index (χ3n) is 5.87. The predicted molar refractivity (Wildman–Crippen MR) is 106 cm³/mol. The summed E-state index contributed by atoms with van der Waals surface area (Å²) in [7, 11) is 4.60. The Bertz CT molecular complexity index is 996. The van der Waals surface area contributed by atoms with Gasteiger partial charge < -0.3 is 28.8 Å². The van der Waals surface area contributed by atoms with Crippen molar-refractivity contribution in [2.24, 2.45) is 11.8 Å². The van der Waals surface area contributed by atoms with E-state index in [0.29, 0.717) is 46.1 Å². The van der Waals surface area contributed by atoms with Gasteiger partial charge in [0.15, 0.2) is 28.8 Å². The first-order chi connectivity index (χ1) is 13.9. The van der Waals surface area contributed by atoms with E-state index in [9.17, 15) is 9.90 Å². The largest absolute Gasteiger partial charge is 0.504 e. The Labute approximate surface area is 169 Å². The maximum atomic E-state index is 13.3. The van der Waals surface area contributed by atoms with Gasteiger partial charge in [-0.1, -0.05) is 13.8 Å². The van der Waals surface area contributed by atoms with Crippen molar-refractivity contribution in [1.29, 1.82) is 0 Å². The average Bonchev–Trinajstić information content (AvgIpc) is 3.20. The molecule has 1 N–H and O–H groups in total. The number of Topliss-reactive ketones (excluding diaryl/α,β-unsaturated/α-hetero) is 1. The molecule has 0 unspecified atom stereocenters. The summed E-state index contributed by atoms with van der Waals surface area (Å²) in [6, 6.07) is 3.53. The van der Waals surface area contributed by atoms with Crippen LogP contribution in [0.25, 0.3) is 11.1 Å². The van der Waals surface area contributed by atoms with Gasteiger partial charge in [0.2, 0.25) is 18.3 Å². The monoisotopic (exact) mass is 400 g/mol. The second-order valence-corrected chi connectivity index (χ2v) is 7.40. The zero-order chi connectivity index (χ0) is 20.9. The van der Waals surface area contributed by atoms with E-state index in [1.54, 1.807) is 13.2 Å². The number of ether oxygens (including phenoxy) is 5. The molecule has 0 radical (unpaired) electrons. The van der Waals surface area contributed by atoms with E-state index >= 15 is 0 Å². The molecular formula is C22H24O7. The van der Waals surface area contributed by atoms with Crippen LogP contribution >= 0.6 is 0 Å². The quantitative estimate of drug-likeness (QED) is 0.838. The van der Waals surface area contributed by atoms with Crippen molar-refractivity contribution < 1.29 is 33.6 Å². The van der Waals surface area contributed by atoms with Crippen LogP contribution in [-0.2, 0) is 6.42 Å². The van der Waals surface area contributed by atoms with Crippen LogP contribution in [0.1, 0.15) is 29.8 Å². The molecule has 0 saturated carbocycles. The summed E-state index contributed by atoms with van der Waals surface area (Å²) in [6.45, 7) is 3.93. The van der Waals surface area contributed by atoms with E-state index < -0.39 is 0 Å². The van der Waals surface area contributed by atoms with E-state index in [4.69, 9.17) is 23.7 Å². The maximum absolute atomic E-state index is 13.3. The minimum absolute atomic E-state index is 0.0120. The third kappa shape index (κ3) is 2.75. The SMILES string of the molecule is COc1cc2c(c(OC)c1OC)-c1c(cc3c(c1O)OCO3)C(=O)[C@H](C)[C@H](C)C2. The molecule has 0 bridgehead atoms. The molecule has 7 nitrogen and oxygen atoms in total. The van der Waals surface area contributed by atoms with E-state index in [1.807, 2.05) is 19.9 Å².